The number of nitrogens with zero attached hydrogens (tertiary/aromatic N) is 5. The molecule has 0 radical (unpaired) electrons. The van der Waals surface area contributed by atoms with Gasteiger partial charge in [-0.2, -0.15) is 0 Å². The van der Waals surface area contributed by atoms with Gasteiger partial charge < -0.3 is 9.80 Å². The summed E-state index contributed by atoms with van der Waals surface area (Å²) in [6, 6.07) is 5.81. The SMILES string of the molecule is CCN1C(=O)N(CCN(C)C)C(=O)C12CCN(Cc1ccccn1)CC2. The highest BCUT2D eigenvalue weighted by Gasteiger charge is 2.57. The fourth-order valence-corrected chi connectivity index (χ4v) is 4.00. The van der Waals surface area contributed by atoms with Gasteiger partial charge in [-0.1, -0.05) is 6.07 Å². The molecule has 7 nitrogen and oxygen atoms in total. The van der Waals surface area contributed by atoms with Crippen LogP contribution in [-0.2, 0) is 11.3 Å². The molecular weight excluding hydrogens is 330 g/mol. The number of hydrogen-bond donors (Lipinski definition) is 0. The van der Waals surface area contributed by atoms with E-state index >= 15 is 0 Å². The molecule has 2 aliphatic rings. The molecule has 2 aliphatic heterocycles. The maximum atomic E-state index is 13.2. The van der Waals surface area contributed by atoms with E-state index in [1.165, 1.54) is 4.90 Å². The highest BCUT2D eigenvalue weighted by atomic mass is 16.2. The molecule has 7 heteroatoms. The van der Waals surface area contributed by atoms with E-state index in [-0.39, 0.29) is 11.9 Å². The van der Waals surface area contributed by atoms with Gasteiger partial charge in [-0.3, -0.25) is 19.6 Å². The summed E-state index contributed by atoms with van der Waals surface area (Å²) in [7, 11) is 3.91. The van der Waals surface area contributed by atoms with Crippen LogP contribution >= 0.6 is 0 Å². The molecular formula is C19H29N5O2. The first-order valence-electron chi connectivity index (χ1n) is 9.38. The molecule has 26 heavy (non-hydrogen) atoms. The van der Waals surface area contributed by atoms with Crippen LogP contribution in [0.1, 0.15) is 25.5 Å². The van der Waals surface area contributed by atoms with Crippen molar-refractivity contribution in [2.75, 3.05) is 46.8 Å². The van der Waals surface area contributed by atoms with E-state index in [0.717, 1.165) is 25.3 Å². The summed E-state index contributed by atoms with van der Waals surface area (Å²) in [6.07, 6.45) is 3.19. The Balaban J connectivity index is 1.69. The number of carbonyl (C=O) groups excluding carboxylic acids is 2. The van der Waals surface area contributed by atoms with Crippen molar-refractivity contribution in [2.45, 2.75) is 31.8 Å². The zero-order valence-electron chi connectivity index (χ0n) is 16.0. The minimum atomic E-state index is -0.654. The first kappa shape index (κ1) is 18.8. The van der Waals surface area contributed by atoms with Crippen LogP contribution in [0.4, 0.5) is 4.79 Å². The summed E-state index contributed by atoms with van der Waals surface area (Å²) in [5, 5.41) is 0. The fourth-order valence-electron chi connectivity index (χ4n) is 4.00. The fraction of sp³-hybridized carbons (Fsp3) is 0.632. The molecule has 1 spiro atoms. The number of imide groups is 1. The Hall–Kier alpha value is -1.99. The van der Waals surface area contributed by atoms with Crippen LogP contribution in [0.3, 0.4) is 0 Å². The summed E-state index contributed by atoms with van der Waals surface area (Å²) in [6.45, 7) is 6.07. The van der Waals surface area contributed by atoms with E-state index in [9.17, 15) is 9.59 Å². The minimum Gasteiger partial charge on any atom is -0.310 e. The van der Waals surface area contributed by atoms with Crippen LogP contribution in [-0.4, -0.2) is 88.9 Å². The molecule has 2 saturated heterocycles. The zero-order chi connectivity index (χ0) is 18.7. The van der Waals surface area contributed by atoms with Crippen LogP contribution in [0.5, 0.6) is 0 Å². The Kier molecular flexibility index (Phi) is 5.58. The third-order valence-electron chi connectivity index (χ3n) is 5.50. The Bertz CT molecular complexity index is 641. The molecule has 1 aromatic heterocycles. The number of carbonyl (C=O) groups is 2. The van der Waals surface area contributed by atoms with Gasteiger partial charge in [0.15, 0.2) is 0 Å². The van der Waals surface area contributed by atoms with E-state index in [0.29, 0.717) is 32.5 Å². The lowest BCUT2D eigenvalue weighted by Crippen LogP contribution is -2.56. The van der Waals surface area contributed by atoms with Gasteiger partial charge in [0.1, 0.15) is 5.54 Å². The number of piperidine rings is 1. The quantitative estimate of drug-likeness (QED) is 0.716. The van der Waals surface area contributed by atoms with Crippen molar-refractivity contribution in [1.82, 2.24) is 24.6 Å². The lowest BCUT2D eigenvalue weighted by atomic mass is 9.85. The number of amides is 3. The van der Waals surface area contributed by atoms with Crippen LogP contribution in [0.15, 0.2) is 24.4 Å². The number of likely N-dealkylation sites (N-methyl/N-ethyl adjacent to an activating group) is 2. The van der Waals surface area contributed by atoms with Crippen LogP contribution in [0, 0.1) is 0 Å². The van der Waals surface area contributed by atoms with Gasteiger partial charge in [-0.15, -0.1) is 0 Å². The molecule has 2 fully saturated rings. The van der Waals surface area contributed by atoms with Crippen molar-refractivity contribution in [3.8, 4) is 0 Å². The average molecular weight is 359 g/mol. The summed E-state index contributed by atoms with van der Waals surface area (Å²) in [5.41, 5.74) is 0.385. The lowest BCUT2D eigenvalue weighted by Gasteiger charge is -2.41. The van der Waals surface area contributed by atoms with Gasteiger partial charge in [0.2, 0.25) is 0 Å². The van der Waals surface area contributed by atoms with Gasteiger partial charge in [-0.25, -0.2) is 4.79 Å². The maximum absolute atomic E-state index is 13.2. The molecule has 0 aromatic carbocycles. The monoisotopic (exact) mass is 359 g/mol. The van der Waals surface area contributed by atoms with Gasteiger partial charge in [0, 0.05) is 45.5 Å². The molecule has 0 aliphatic carbocycles. The van der Waals surface area contributed by atoms with Crippen molar-refractivity contribution in [3.63, 3.8) is 0 Å². The third kappa shape index (κ3) is 3.46. The second-order valence-electron chi connectivity index (χ2n) is 7.42. The maximum Gasteiger partial charge on any atom is 0.327 e. The first-order chi connectivity index (χ1) is 12.5. The molecule has 3 amide bonds. The molecule has 3 heterocycles. The molecule has 1 aromatic rings. The van der Waals surface area contributed by atoms with Gasteiger partial charge in [0.05, 0.1) is 5.69 Å². The van der Waals surface area contributed by atoms with Gasteiger partial charge in [-0.05, 0) is 46.0 Å². The molecule has 0 unspecified atom stereocenters. The van der Waals surface area contributed by atoms with E-state index < -0.39 is 5.54 Å². The van der Waals surface area contributed by atoms with E-state index in [4.69, 9.17) is 0 Å². The molecule has 0 N–H and O–H groups in total. The normalized spacial score (nSPS) is 20.6. The van der Waals surface area contributed by atoms with Crippen molar-refractivity contribution in [2.24, 2.45) is 0 Å². The molecule has 142 valence electrons. The standard InChI is InChI=1S/C19H29N5O2/c1-4-24-18(26)23(14-13-21(2)3)17(25)19(24)8-11-22(12-9-19)15-16-7-5-6-10-20-16/h5-7,10H,4,8-9,11-15H2,1-3H3. The molecule has 0 saturated carbocycles. The predicted molar refractivity (Wildman–Crippen MR) is 99.5 cm³/mol. The number of aromatic nitrogens is 1. The van der Waals surface area contributed by atoms with Crippen molar-refractivity contribution in [3.05, 3.63) is 30.1 Å². The molecule has 0 bridgehead atoms. The van der Waals surface area contributed by atoms with Crippen molar-refractivity contribution >= 4 is 11.9 Å². The average Bonchev–Trinajstić information content (AvgIpc) is 2.83. The Morgan fingerprint density at radius 1 is 1.19 bits per heavy atom. The second kappa shape index (κ2) is 7.72. The highest BCUT2D eigenvalue weighted by Crippen LogP contribution is 2.37. The number of pyridine rings is 1. The Labute approximate surface area is 155 Å². The number of likely N-dealkylation sites (tertiary alicyclic amines) is 1. The van der Waals surface area contributed by atoms with Gasteiger partial charge in [0.25, 0.3) is 5.91 Å². The summed E-state index contributed by atoms with van der Waals surface area (Å²) < 4.78 is 0. The van der Waals surface area contributed by atoms with Gasteiger partial charge >= 0.3 is 6.03 Å². The number of rotatable bonds is 6. The van der Waals surface area contributed by atoms with E-state index in [1.54, 1.807) is 11.1 Å². The zero-order valence-corrected chi connectivity index (χ0v) is 16.0. The van der Waals surface area contributed by atoms with E-state index in [2.05, 4.69) is 9.88 Å². The third-order valence-corrected chi connectivity index (χ3v) is 5.50. The molecule has 3 rings (SSSR count). The molecule has 0 atom stereocenters. The number of hydrogen-bond acceptors (Lipinski definition) is 5. The minimum absolute atomic E-state index is 0.0105. The summed E-state index contributed by atoms with van der Waals surface area (Å²) in [4.78, 5) is 37.9. The Morgan fingerprint density at radius 2 is 1.92 bits per heavy atom. The van der Waals surface area contributed by atoms with Crippen LogP contribution in [0.25, 0.3) is 0 Å². The second-order valence-corrected chi connectivity index (χ2v) is 7.42. The first-order valence-corrected chi connectivity index (χ1v) is 9.38. The predicted octanol–water partition coefficient (Wildman–Crippen LogP) is 1.26. The summed E-state index contributed by atoms with van der Waals surface area (Å²) >= 11 is 0. The van der Waals surface area contributed by atoms with E-state index in [1.807, 2.05) is 44.1 Å². The lowest BCUT2D eigenvalue weighted by molar-refractivity contribution is -0.135. The largest absolute Gasteiger partial charge is 0.327 e. The Morgan fingerprint density at radius 3 is 2.50 bits per heavy atom. The number of urea groups is 1. The van der Waals surface area contributed by atoms with Crippen LogP contribution in [0.2, 0.25) is 0 Å². The van der Waals surface area contributed by atoms with Crippen molar-refractivity contribution in [1.29, 1.82) is 0 Å². The smallest absolute Gasteiger partial charge is 0.310 e. The van der Waals surface area contributed by atoms with Crippen molar-refractivity contribution < 1.29 is 9.59 Å². The van der Waals surface area contributed by atoms with Crippen LogP contribution < -0.4 is 0 Å². The summed E-state index contributed by atoms with van der Waals surface area (Å²) in [5.74, 6) is -0.0105. The highest BCUT2D eigenvalue weighted by molar-refractivity contribution is 6.07. The topological polar surface area (TPSA) is 60.0 Å².